The zero-order valence-corrected chi connectivity index (χ0v) is 13.7. The van der Waals surface area contributed by atoms with Gasteiger partial charge in [-0.25, -0.2) is 0 Å². The van der Waals surface area contributed by atoms with Crippen molar-refractivity contribution in [1.82, 2.24) is 19.9 Å². The van der Waals surface area contributed by atoms with Crippen molar-refractivity contribution >= 4 is 17.5 Å². The van der Waals surface area contributed by atoms with Crippen molar-refractivity contribution in [3.05, 3.63) is 5.28 Å². The van der Waals surface area contributed by atoms with E-state index in [-0.39, 0.29) is 11.3 Å². The molecule has 0 N–H and O–H groups in total. The number of ether oxygens (including phenoxy) is 1. The molecule has 1 heterocycles. The zero-order valence-electron chi connectivity index (χ0n) is 12.9. The molecular formula is C13H24ClN5O. The fourth-order valence-electron chi connectivity index (χ4n) is 1.69. The third kappa shape index (κ3) is 5.88. The first-order chi connectivity index (χ1) is 9.42. The zero-order chi connectivity index (χ0) is 15.1. The third-order valence-electron chi connectivity index (χ3n) is 2.53. The maximum atomic E-state index is 5.95. The standard InChI is InChI=1S/C13H24ClN5O/c1-6-20-13-16-11(14)15-12(17-13)19(9-10(2)3)8-7-18(4)5/h10H,6-9H2,1-5H3. The Labute approximate surface area is 126 Å². The van der Waals surface area contributed by atoms with E-state index in [1.807, 2.05) is 21.0 Å². The minimum absolute atomic E-state index is 0.164. The van der Waals surface area contributed by atoms with E-state index >= 15 is 0 Å². The summed E-state index contributed by atoms with van der Waals surface area (Å²) < 4.78 is 5.32. The minimum atomic E-state index is 0.164. The maximum absolute atomic E-state index is 5.95. The van der Waals surface area contributed by atoms with Crippen LogP contribution in [0.3, 0.4) is 0 Å². The van der Waals surface area contributed by atoms with Gasteiger partial charge in [0.2, 0.25) is 11.2 Å². The summed E-state index contributed by atoms with van der Waals surface area (Å²) in [6.45, 7) is 9.32. The first-order valence-corrected chi connectivity index (χ1v) is 7.24. The number of hydrogen-bond donors (Lipinski definition) is 0. The number of anilines is 1. The molecule has 0 saturated carbocycles. The van der Waals surface area contributed by atoms with Gasteiger partial charge in [0.25, 0.3) is 0 Å². The highest BCUT2D eigenvalue weighted by molar-refractivity contribution is 6.28. The SMILES string of the molecule is CCOc1nc(Cl)nc(N(CCN(C)C)CC(C)C)n1. The van der Waals surface area contributed by atoms with Gasteiger partial charge in [-0.15, -0.1) is 0 Å². The summed E-state index contributed by atoms with van der Waals surface area (Å²) in [4.78, 5) is 16.8. The van der Waals surface area contributed by atoms with Crippen molar-refractivity contribution in [2.75, 3.05) is 45.2 Å². The van der Waals surface area contributed by atoms with E-state index < -0.39 is 0 Å². The molecule has 6 nitrogen and oxygen atoms in total. The van der Waals surface area contributed by atoms with Gasteiger partial charge >= 0.3 is 6.01 Å². The molecule has 0 aliphatic rings. The van der Waals surface area contributed by atoms with Gasteiger partial charge in [0, 0.05) is 19.6 Å². The van der Waals surface area contributed by atoms with Crippen molar-refractivity contribution in [3.8, 4) is 6.01 Å². The molecule has 1 aromatic heterocycles. The fraction of sp³-hybridized carbons (Fsp3) is 0.769. The van der Waals surface area contributed by atoms with Crippen molar-refractivity contribution in [2.45, 2.75) is 20.8 Å². The summed E-state index contributed by atoms with van der Waals surface area (Å²) in [5, 5.41) is 0.164. The Kier molecular flexibility index (Phi) is 6.95. The molecule has 0 atom stereocenters. The lowest BCUT2D eigenvalue weighted by molar-refractivity contribution is 0.311. The molecule has 7 heteroatoms. The van der Waals surface area contributed by atoms with Crippen LogP contribution in [0.1, 0.15) is 20.8 Å². The van der Waals surface area contributed by atoms with E-state index in [4.69, 9.17) is 16.3 Å². The number of halogens is 1. The van der Waals surface area contributed by atoms with E-state index in [2.05, 4.69) is 38.6 Å². The molecular weight excluding hydrogens is 278 g/mol. The van der Waals surface area contributed by atoms with Crippen LogP contribution in [0, 0.1) is 5.92 Å². The van der Waals surface area contributed by atoms with E-state index in [9.17, 15) is 0 Å². The van der Waals surface area contributed by atoms with Crippen LogP contribution in [-0.2, 0) is 0 Å². The summed E-state index contributed by atoms with van der Waals surface area (Å²) in [5.74, 6) is 1.08. The van der Waals surface area contributed by atoms with E-state index in [0.29, 0.717) is 18.5 Å². The van der Waals surface area contributed by atoms with Gasteiger partial charge in [0.15, 0.2) is 0 Å². The largest absolute Gasteiger partial charge is 0.464 e. The van der Waals surface area contributed by atoms with E-state index in [1.165, 1.54) is 0 Å². The second-order valence-electron chi connectivity index (χ2n) is 5.26. The molecule has 0 aromatic carbocycles. The van der Waals surface area contributed by atoms with Crippen molar-refractivity contribution in [3.63, 3.8) is 0 Å². The number of nitrogens with zero attached hydrogens (tertiary/aromatic N) is 5. The van der Waals surface area contributed by atoms with Gasteiger partial charge in [0.05, 0.1) is 6.61 Å². The molecule has 0 saturated heterocycles. The van der Waals surface area contributed by atoms with Crippen LogP contribution in [0.2, 0.25) is 5.28 Å². The molecule has 114 valence electrons. The number of likely N-dealkylation sites (N-methyl/N-ethyl adjacent to an activating group) is 1. The molecule has 0 aliphatic carbocycles. The number of aromatic nitrogens is 3. The molecule has 0 fully saturated rings. The molecule has 1 rings (SSSR count). The Morgan fingerprint density at radius 1 is 1.15 bits per heavy atom. The van der Waals surface area contributed by atoms with Gasteiger partial charge in [-0.1, -0.05) is 13.8 Å². The summed E-state index contributed by atoms with van der Waals surface area (Å²) in [6.07, 6.45) is 0. The average molecular weight is 302 g/mol. The summed E-state index contributed by atoms with van der Waals surface area (Å²) in [5.41, 5.74) is 0. The molecule has 1 aromatic rings. The Balaban J connectivity index is 2.92. The van der Waals surface area contributed by atoms with Gasteiger partial charge in [-0.2, -0.15) is 15.0 Å². The summed E-state index contributed by atoms with van der Waals surface area (Å²) in [7, 11) is 4.08. The molecule has 0 aliphatic heterocycles. The highest BCUT2D eigenvalue weighted by Gasteiger charge is 2.15. The first kappa shape index (κ1) is 16.9. The van der Waals surface area contributed by atoms with Crippen LogP contribution in [0.15, 0.2) is 0 Å². The molecule has 0 amide bonds. The number of rotatable bonds is 8. The quantitative estimate of drug-likeness (QED) is 0.731. The summed E-state index contributed by atoms with van der Waals surface area (Å²) in [6, 6.07) is 0.279. The van der Waals surface area contributed by atoms with Crippen LogP contribution >= 0.6 is 11.6 Å². The minimum Gasteiger partial charge on any atom is -0.464 e. The highest BCUT2D eigenvalue weighted by Crippen LogP contribution is 2.16. The monoisotopic (exact) mass is 301 g/mol. The fourth-order valence-corrected chi connectivity index (χ4v) is 1.84. The predicted molar refractivity (Wildman–Crippen MR) is 81.6 cm³/mol. The van der Waals surface area contributed by atoms with E-state index in [0.717, 1.165) is 19.6 Å². The topological polar surface area (TPSA) is 54.4 Å². The van der Waals surface area contributed by atoms with E-state index in [1.54, 1.807) is 0 Å². The maximum Gasteiger partial charge on any atom is 0.322 e. The molecule has 0 unspecified atom stereocenters. The lowest BCUT2D eigenvalue weighted by Crippen LogP contribution is -2.35. The Bertz CT molecular complexity index is 414. The van der Waals surface area contributed by atoms with Gasteiger partial charge in [0.1, 0.15) is 0 Å². The van der Waals surface area contributed by atoms with Gasteiger partial charge in [-0.05, 0) is 38.5 Å². The van der Waals surface area contributed by atoms with Gasteiger partial charge < -0.3 is 14.5 Å². The molecule has 0 radical (unpaired) electrons. The van der Waals surface area contributed by atoms with Crippen LogP contribution in [-0.4, -0.2) is 60.2 Å². The van der Waals surface area contributed by atoms with Crippen LogP contribution in [0.5, 0.6) is 6.01 Å². The second-order valence-corrected chi connectivity index (χ2v) is 5.60. The van der Waals surface area contributed by atoms with Crippen molar-refractivity contribution in [2.24, 2.45) is 5.92 Å². The Hall–Kier alpha value is -1.14. The lowest BCUT2D eigenvalue weighted by atomic mass is 10.2. The Morgan fingerprint density at radius 3 is 2.40 bits per heavy atom. The third-order valence-corrected chi connectivity index (χ3v) is 2.70. The summed E-state index contributed by atoms with van der Waals surface area (Å²) >= 11 is 5.95. The predicted octanol–water partition coefficient (Wildman–Crippen LogP) is 1.95. The Morgan fingerprint density at radius 2 is 1.85 bits per heavy atom. The number of hydrogen-bond acceptors (Lipinski definition) is 6. The first-order valence-electron chi connectivity index (χ1n) is 6.86. The molecule has 0 spiro atoms. The lowest BCUT2D eigenvalue weighted by Gasteiger charge is -2.26. The van der Waals surface area contributed by atoms with Crippen molar-refractivity contribution in [1.29, 1.82) is 0 Å². The second kappa shape index (κ2) is 8.21. The van der Waals surface area contributed by atoms with Crippen LogP contribution in [0.4, 0.5) is 5.95 Å². The van der Waals surface area contributed by atoms with Crippen LogP contribution < -0.4 is 9.64 Å². The smallest absolute Gasteiger partial charge is 0.322 e. The average Bonchev–Trinajstić information content (AvgIpc) is 2.33. The van der Waals surface area contributed by atoms with Gasteiger partial charge in [-0.3, -0.25) is 0 Å². The van der Waals surface area contributed by atoms with Crippen molar-refractivity contribution < 1.29 is 4.74 Å². The normalized spacial score (nSPS) is 11.2. The molecule has 20 heavy (non-hydrogen) atoms. The molecule has 0 bridgehead atoms. The van der Waals surface area contributed by atoms with Crippen LogP contribution in [0.25, 0.3) is 0 Å². The highest BCUT2D eigenvalue weighted by atomic mass is 35.5.